The van der Waals surface area contributed by atoms with Crippen LogP contribution in [0, 0.1) is 0 Å². The molecule has 2 aromatic carbocycles. The van der Waals surface area contributed by atoms with Crippen LogP contribution < -0.4 is 10.2 Å². The smallest absolute Gasteiger partial charge is 0.328 e. The van der Waals surface area contributed by atoms with Crippen molar-refractivity contribution >= 4 is 47.2 Å². The molecule has 0 radical (unpaired) electrons. The Morgan fingerprint density at radius 3 is 2.33 bits per heavy atom. The summed E-state index contributed by atoms with van der Waals surface area (Å²) in [4.78, 5) is 49.0. The van der Waals surface area contributed by atoms with E-state index in [1.807, 2.05) is 23.1 Å². The third-order valence-corrected chi connectivity index (χ3v) is 7.32. The fourth-order valence-corrected chi connectivity index (χ4v) is 5.08. The molecule has 3 aliphatic heterocycles. The Balaban J connectivity index is 0.000000270. The third kappa shape index (κ3) is 6.61. The van der Waals surface area contributed by atoms with E-state index >= 15 is 0 Å². The van der Waals surface area contributed by atoms with E-state index < -0.39 is 12.2 Å². The zero-order chi connectivity index (χ0) is 28.1. The molecular formula is C27H34ClN7O4. The number of anilines is 2. The summed E-state index contributed by atoms with van der Waals surface area (Å²) in [7, 11) is 3.22. The van der Waals surface area contributed by atoms with E-state index in [0.717, 1.165) is 43.4 Å². The monoisotopic (exact) mass is 555 g/mol. The molecule has 3 aliphatic rings. The maximum absolute atomic E-state index is 12.6. The fraction of sp³-hybridized carbons (Fsp3) is 0.407. The van der Waals surface area contributed by atoms with E-state index in [4.69, 9.17) is 16.7 Å². The van der Waals surface area contributed by atoms with E-state index in [9.17, 15) is 14.4 Å². The van der Waals surface area contributed by atoms with E-state index in [1.54, 1.807) is 25.5 Å². The molecule has 0 aliphatic carbocycles. The van der Waals surface area contributed by atoms with E-state index in [0.29, 0.717) is 12.2 Å². The van der Waals surface area contributed by atoms with Gasteiger partial charge in [0, 0.05) is 66.0 Å². The predicted octanol–water partition coefficient (Wildman–Crippen LogP) is 2.38. The minimum absolute atomic E-state index is 0.115. The first-order valence-corrected chi connectivity index (χ1v) is 13.2. The number of imide groups is 1. The Morgan fingerprint density at radius 1 is 1.03 bits per heavy atom. The molecule has 2 N–H and O–H groups in total. The number of benzene rings is 2. The minimum Gasteiger partial charge on any atom is -0.508 e. The van der Waals surface area contributed by atoms with Crippen LogP contribution in [0.3, 0.4) is 0 Å². The van der Waals surface area contributed by atoms with Gasteiger partial charge in [0.1, 0.15) is 5.75 Å². The molecule has 3 heterocycles. The first-order chi connectivity index (χ1) is 18.7. The number of carbonyl (C=O) groups excluding carboxylic acids is 3. The second-order valence-corrected chi connectivity index (χ2v) is 10.1. The van der Waals surface area contributed by atoms with Crippen molar-refractivity contribution in [1.29, 1.82) is 0 Å². The zero-order valence-electron chi connectivity index (χ0n) is 22.3. The Bertz CT molecular complexity index is 1220. The van der Waals surface area contributed by atoms with Gasteiger partial charge in [0.2, 0.25) is 5.91 Å². The summed E-state index contributed by atoms with van der Waals surface area (Å²) in [5.74, 6) is -0.107. The zero-order valence-corrected chi connectivity index (χ0v) is 23.1. The van der Waals surface area contributed by atoms with Gasteiger partial charge in [0.05, 0.1) is 17.0 Å². The van der Waals surface area contributed by atoms with Gasteiger partial charge in [-0.25, -0.2) is 9.79 Å². The van der Waals surface area contributed by atoms with Gasteiger partial charge < -0.3 is 25.1 Å². The van der Waals surface area contributed by atoms with Gasteiger partial charge in [-0.15, -0.1) is 0 Å². The summed E-state index contributed by atoms with van der Waals surface area (Å²) in [5, 5.41) is 12.2. The van der Waals surface area contributed by atoms with Gasteiger partial charge in [-0.3, -0.25) is 19.4 Å². The molecular weight excluding hydrogens is 522 g/mol. The molecule has 2 atom stereocenters. The maximum Gasteiger partial charge on any atom is 0.328 e. The highest BCUT2D eigenvalue weighted by Gasteiger charge is 2.48. The molecule has 0 aromatic heterocycles. The number of fused-ring (bicyclic) bond motifs is 1. The van der Waals surface area contributed by atoms with Crippen molar-refractivity contribution in [2.75, 3.05) is 63.6 Å². The molecule has 2 aromatic rings. The second-order valence-electron chi connectivity index (χ2n) is 9.66. The Kier molecular flexibility index (Phi) is 8.93. The number of phenols is 1. The number of phenolic OH excluding ortho intramolecular Hbond substituents is 1. The number of rotatable bonds is 5. The number of amides is 4. The second kappa shape index (κ2) is 12.4. The largest absolute Gasteiger partial charge is 0.508 e. The standard InChI is InChI=1S/C19H25ClN6O2.C8H9NO2/c1-22-17-16(18(27)23(2)19(22)28)26(13-21-17)12-9-24-7-10-25(11-8-24)15-6-4-3-5-14(15)20;1-6(10)9-7-2-4-8(11)5-3-7/h3-6,13,16-17H,7-12H2,1-2H3;2-5,11H,1H3,(H,9,10). The lowest BCUT2D eigenvalue weighted by atomic mass is 10.1. The van der Waals surface area contributed by atoms with Crippen molar-refractivity contribution in [3.8, 4) is 5.75 Å². The summed E-state index contributed by atoms with van der Waals surface area (Å²) in [5.41, 5.74) is 1.78. The third-order valence-electron chi connectivity index (χ3n) is 7.00. The first kappa shape index (κ1) is 28.2. The summed E-state index contributed by atoms with van der Waals surface area (Å²) in [6, 6.07) is 13.5. The van der Waals surface area contributed by atoms with Gasteiger partial charge in [-0.2, -0.15) is 0 Å². The number of nitrogens with zero attached hydrogens (tertiary/aromatic N) is 6. The number of likely N-dealkylation sites (N-methyl/N-ethyl adjacent to an activating group) is 2. The average molecular weight is 556 g/mol. The van der Waals surface area contributed by atoms with Crippen LogP contribution in [-0.4, -0.2) is 114 Å². The summed E-state index contributed by atoms with van der Waals surface area (Å²) >= 11 is 6.31. The molecule has 4 amide bonds. The number of hydrogen-bond acceptors (Lipinski definition) is 8. The minimum atomic E-state index is -0.423. The molecule has 2 fully saturated rings. The highest BCUT2D eigenvalue weighted by Crippen LogP contribution is 2.27. The van der Waals surface area contributed by atoms with Crippen LogP contribution >= 0.6 is 11.6 Å². The molecule has 5 rings (SSSR count). The van der Waals surface area contributed by atoms with Gasteiger partial charge in [-0.1, -0.05) is 23.7 Å². The number of halogens is 1. The van der Waals surface area contributed by atoms with E-state index in [1.165, 1.54) is 35.9 Å². The Labute approximate surface area is 233 Å². The molecule has 208 valence electrons. The van der Waals surface area contributed by atoms with Crippen molar-refractivity contribution in [3.63, 3.8) is 0 Å². The van der Waals surface area contributed by atoms with E-state index in [2.05, 4.69) is 26.2 Å². The number of piperazine rings is 1. The molecule has 0 spiro atoms. The summed E-state index contributed by atoms with van der Waals surface area (Å²) in [6.07, 6.45) is 1.30. The van der Waals surface area contributed by atoms with Crippen LogP contribution in [0.25, 0.3) is 0 Å². The van der Waals surface area contributed by atoms with Crippen molar-refractivity contribution in [1.82, 2.24) is 19.6 Å². The van der Waals surface area contributed by atoms with Crippen LogP contribution in [0.15, 0.2) is 53.5 Å². The molecule has 11 nitrogen and oxygen atoms in total. The maximum atomic E-state index is 12.6. The van der Waals surface area contributed by atoms with Crippen molar-refractivity contribution in [2.45, 2.75) is 19.1 Å². The first-order valence-electron chi connectivity index (χ1n) is 12.8. The normalized spacial score (nSPS) is 21.0. The number of hydrogen-bond donors (Lipinski definition) is 2. The van der Waals surface area contributed by atoms with Gasteiger partial charge in [0.15, 0.2) is 12.2 Å². The van der Waals surface area contributed by atoms with Crippen LogP contribution in [0.4, 0.5) is 16.2 Å². The number of aromatic hydroxyl groups is 1. The fourth-order valence-electron chi connectivity index (χ4n) is 4.82. The van der Waals surface area contributed by atoms with Gasteiger partial charge >= 0.3 is 6.03 Å². The molecule has 12 heteroatoms. The van der Waals surface area contributed by atoms with Crippen LogP contribution in [0.1, 0.15) is 6.92 Å². The highest BCUT2D eigenvalue weighted by molar-refractivity contribution is 6.33. The number of nitrogens with one attached hydrogen (secondary N) is 1. The lowest BCUT2D eigenvalue weighted by molar-refractivity contribution is -0.136. The predicted molar refractivity (Wildman–Crippen MR) is 151 cm³/mol. The molecule has 2 unspecified atom stereocenters. The van der Waals surface area contributed by atoms with Crippen LogP contribution in [-0.2, 0) is 9.59 Å². The van der Waals surface area contributed by atoms with Crippen LogP contribution in [0.2, 0.25) is 5.02 Å². The highest BCUT2D eigenvalue weighted by atomic mass is 35.5. The van der Waals surface area contributed by atoms with Gasteiger partial charge in [0.25, 0.3) is 5.91 Å². The lowest BCUT2D eigenvalue weighted by Gasteiger charge is -2.41. The molecule has 0 saturated carbocycles. The number of aliphatic imine (C=N–C) groups is 1. The number of carbonyl (C=O) groups is 3. The summed E-state index contributed by atoms with van der Waals surface area (Å²) in [6.45, 7) is 6.71. The Hall–Kier alpha value is -3.83. The van der Waals surface area contributed by atoms with Crippen molar-refractivity contribution < 1.29 is 19.5 Å². The van der Waals surface area contributed by atoms with Crippen molar-refractivity contribution in [3.05, 3.63) is 53.6 Å². The SMILES string of the molecule is CC(=O)Nc1ccc(O)cc1.CN1C(=O)C2C(N=CN2CCN2CCN(c3ccccc3Cl)CC2)N(C)C1=O. The molecule has 39 heavy (non-hydrogen) atoms. The average Bonchev–Trinajstić information content (AvgIpc) is 3.36. The Morgan fingerprint density at radius 2 is 1.69 bits per heavy atom. The topological polar surface area (TPSA) is 112 Å². The number of para-hydroxylation sites is 1. The van der Waals surface area contributed by atoms with E-state index in [-0.39, 0.29) is 23.6 Å². The van der Waals surface area contributed by atoms with Crippen molar-refractivity contribution in [2.24, 2.45) is 4.99 Å². The molecule has 2 saturated heterocycles. The van der Waals surface area contributed by atoms with Gasteiger partial charge in [-0.05, 0) is 36.4 Å². The lowest BCUT2D eigenvalue weighted by Crippen LogP contribution is -2.64. The number of urea groups is 1. The summed E-state index contributed by atoms with van der Waals surface area (Å²) < 4.78 is 0. The molecule has 0 bridgehead atoms. The quantitative estimate of drug-likeness (QED) is 0.545. The van der Waals surface area contributed by atoms with Crippen LogP contribution in [0.5, 0.6) is 5.75 Å².